The van der Waals surface area contributed by atoms with Crippen molar-refractivity contribution in [2.45, 2.75) is 0 Å². The van der Waals surface area contributed by atoms with E-state index in [1.54, 1.807) is 6.07 Å². The highest BCUT2D eigenvalue weighted by molar-refractivity contribution is 7.80. The molecule has 3 rings (SSSR count). The summed E-state index contributed by atoms with van der Waals surface area (Å²) in [5.74, 6) is 0. The number of piperazine rings is 1. The Hall–Kier alpha value is -1.20. The summed E-state index contributed by atoms with van der Waals surface area (Å²) < 4.78 is 0. The number of benzene rings is 2. The van der Waals surface area contributed by atoms with Gasteiger partial charge < -0.3 is 15.1 Å². The summed E-state index contributed by atoms with van der Waals surface area (Å²) in [4.78, 5) is 4.44. The summed E-state index contributed by atoms with van der Waals surface area (Å²) in [7, 11) is 0. The van der Waals surface area contributed by atoms with Crippen molar-refractivity contribution in [1.29, 1.82) is 0 Å². The van der Waals surface area contributed by atoms with Crippen LogP contribution in [0.4, 0.5) is 11.4 Å². The number of rotatable bonds is 2. The molecular weight excluding hydrogens is 385 g/mol. The molecule has 0 radical (unpaired) electrons. The summed E-state index contributed by atoms with van der Waals surface area (Å²) in [5, 5.41) is 5.59. The number of thiocarbonyl (C=S) groups is 1. The third-order valence-electron chi connectivity index (χ3n) is 3.93. The second-order valence-corrected chi connectivity index (χ2v) is 7.09. The average molecular weight is 401 g/mol. The number of nitrogens with one attached hydrogen (secondary N) is 1. The molecule has 1 fully saturated rings. The monoisotopic (exact) mass is 399 g/mol. The number of hydrogen-bond donors (Lipinski definition) is 1. The van der Waals surface area contributed by atoms with Crippen LogP contribution in [0.5, 0.6) is 0 Å². The SMILES string of the molecule is S=C(Nc1cccc(Cl)c1Cl)N1CCN(c2cccc(Cl)c2)CC1. The van der Waals surface area contributed by atoms with Gasteiger partial charge >= 0.3 is 0 Å². The van der Waals surface area contributed by atoms with Gasteiger partial charge in [0.1, 0.15) is 0 Å². The lowest BCUT2D eigenvalue weighted by Crippen LogP contribution is -2.50. The van der Waals surface area contributed by atoms with Crippen LogP contribution in [0.1, 0.15) is 0 Å². The minimum atomic E-state index is 0.485. The van der Waals surface area contributed by atoms with E-state index in [0.717, 1.165) is 42.6 Å². The Morgan fingerprint density at radius 2 is 1.67 bits per heavy atom. The summed E-state index contributed by atoms with van der Waals surface area (Å²) in [6.07, 6.45) is 0. The molecule has 0 aliphatic carbocycles. The molecule has 1 aliphatic heterocycles. The molecule has 126 valence electrons. The summed E-state index contributed by atoms with van der Waals surface area (Å²) in [5.41, 5.74) is 1.87. The molecule has 0 unspecified atom stereocenters. The maximum Gasteiger partial charge on any atom is 0.173 e. The normalized spacial score (nSPS) is 14.6. The summed E-state index contributed by atoms with van der Waals surface area (Å²) in [6.45, 7) is 3.42. The van der Waals surface area contributed by atoms with E-state index in [0.29, 0.717) is 15.2 Å². The molecule has 0 aromatic heterocycles. The molecule has 2 aromatic carbocycles. The van der Waals surface area contributed by atoms with Crippen LogP contribution in [0.25, 0.3) is 0 Å². The quantitative estimate of drug-likeness (QED) is 0.701. The zero-order chi connectivity index (χ0) is 17.1. The fourth-order valence-electron chi connectivity index (χ4n) is 2.64. The lowest BCUT2D eigenvalue weighted by molar-refractivity contribution is 0.391. The van der Waals surface area contributed by atoms with Crippen molar-refractivity contribution in [3.63, 3.8) is 0 Å². The number of hydrogen-bond acceptors (Lipinski definition) is 2. The lowest BCUT2D eigenvalue weighted by atomic mass is 10.2. The molecule has 7 heteroatoms. The van der Waals surface area contributed by atoms with E-state index in [2.05, 4.69) is 21.2 Å². The van der Waals surface area contributed by atoms with Crippen LogP contribution < -0.4 is 10.2 Å². The van der Waals surface area contributed by atoms with E-state index in [1.807, 2.05) is 30.3 Å². The highest BCUT2D eigenvalue weighted by atomic mass is 35.5. The van der Waals surface area contributed by atoms with Gasteiger partial charge in [0.2, 0.25) is 0 Å². The molecule has 1 aliphatic rings. The van der Waals surface area contributed by atoms with Crippen molar-refractivity contribution in [3.05, 3.63) is 57.5 Å². The van der Waals surface area contributed by atoms with Crippen molar-refractivity contribution in [1.82, 2.24) is 4.90 Å². The number of halogens is 3. The standard InChI is InChI=1S/C17H16Cl3N3S/c18-12-3-1-4-13(11-12)22-7-9-23(10-8-22)17(24)21-15-6-2-5-14(19)16(15)20/h1-6,11H,7-10H2,(H,21,24). The summed E-state index contributed by atoms with van der Waals surface area (Å²) in [6, 6.07) is 13.4. The van der Waals surface area contributed by atoms with Crippen molar-refractivity contribution in [2.75, 3.05) is 36.4 Å². The Labute approximate surface area is 162 Å². The van der Waals surface area contributed by atoms with Gasteiger partial charge in [0, 0.05) is 36.9 Å². The first kappa shape index (κ1) is 17.6. The third kappa shape index (κ3) is 4.06. The molecule has 3 nitrogen and oxygen atoms in total. The van der Waals surface area contributed by atoms with Crippen molar-refractivity contribution < 1.29 is 0 Å². The third-order valence-corrected chi connectivity index (χ3v) is 5.35. The Morgan fingerprint density at radius 1 is 0.958 bits per heavy atom. The van der Waals surface area contributed by atoms with Crippen LogP contribution in [0.2, 0.25) is 15.1 Å². The molecule has 24 heavy (non-hydrogen) atoms. The maximum absolute atomic E-state index is 6.20. The maximum atomic E-state index is 6.20. The minimum absolute atomic E-state index is 0.485. The molecule has 0 spiro atoms. The van der Waals surface area contributed by atoms with E-state index in [9.17, 15) is 0 Å². The predicted molar refractivity (Wildman–Crippen MR) is 108 cm³/mol. The molecule has 1 saturated heterocycles. The highest BCUT2D eigenvalue weighted by Crippen LogP contribution is 2.30. The van der Waals surface area contributed by atoms with Gasteiger partial charge in [-0.25, -0.2) is 0 Å². The Bertz CT molecular complexity index is 746. The first-order valence-corrected chi connectivity index (χ1v) is 9.09. The van der Waals surface area contributed by atoms with Gasteiger partial charge in [0.15, 0.2) is 5.11 Å². The molecule has 0 saturated carbocycles. The summed E-state index contributed by atoms with van der Waals surface area (Å²) >= 11 is 23.8. The minimum Gasteiger partial charge on any atom is -0.368 e. The molecule has 0 bridgehead atoms. The Morgan fingerprint density at radius 3 is 2.38 bits per heavy atom. The fraction of sp³-hybridized carbons (Fsp3) is 0.235. The highest BCUT2D eigenvalue weighted by Gasteiger charge is 2.20. The van der Waals surface area contributed by atoms with Gasteiger partial charge in [0.05, 0.1) is 15.7 Å². The van der Waals surface area contributed by atoms with Gasteiger partial charge in [-0.1, -0.05) is 46.9 Å². The van der Waals surface area contributed by atoms with Gasteiger partial charge in [0.25, 0.3) is 0 Å². The van der Waals surface area contributed by atoms with Crippen LogP contribution >= 0.6 is 47.0 Å². The van der Waals surface area contributed by atoms with Gasteiger partial charge in [-0.3, -0.25) is 0 Å². The van der Waals surface area contributed by atoms with Gasteiger partial charge in [-0.2, -0.15) is 0 Å². The molecule has 0 amide bonds. The molecule has 1 N–H and O–H groups in total. The van der Waals surface area contributed by atoms with E-state index >= 15 is 0 Å². The molecular formula is C17H16Cl3N3S. The Balaban J connectivity index is 1.60. The van der Waals surface area contributed by atoms with Crippen LogP contribution in [-0.2, 0) is 0 Å². The molecule has 2 aromatic rings. The number of nitrogens with zero attached hydrogens (tertiary/aromatic N) is 2. The zero-order valence-corrected chi connectivity index (χ0v) is 15.9. The zero-order valence-electron chi connectivity index (χ0n) is 12.8. The van der Waals surface area contributed by atoms with E-state index < -0.39 is 0 Å². The smallest absolute Gasteiger partial charge is 0.173 e. The molecule has 0 atom stereocenters. The van der Waals surface area contributed by atoms with E-state index in [1.165, 1.54) is 0 Å². The topological polar surface area (TPSA) is 18.5 Å². The second-order valence-electron chi connectivity index (χ2n) is 5.49. The van der Waals surface area contributed by atoms with E-state index in [-0.39, 0.29) is 0 Å². The van der Waals surface area contributed by atoms with Gasteiger partial charge in [-0.05, 0) is 42.5 Å². The molecule has 1 heterocycles. The largest absolute Gasteiger partial charge is 0.368 e. The fourth-order valence-corrected chi connectivity index (χ4v) is 3.46. The van der Waals surface area contributed by atoms with Crippen molar-refractivity contribution in [2.24, 2.45) is 0 Å². The first-order chi connectivity index (χ1) is 11.5. The van der Waals surface area contributed by atoms with E-state index in [4.69, 9.17) is 47.0 Å². The Kier molecular flexibility index (Phi) is 5.72. The van der Waals surface area contributed by atoms with Crippen molar-refractivity contribution in [3.8, 4) is 0 Å². The second kappa shape index (κ2) is 7.79. The lowest BCUT2D eigenvalue weighted by Gasteiger charge is -2.37. The van der Waals surface area contributed by atoms with Crippen LogP contribution in [0.15, 0.2) is 42.5 Å². The van der Waals surface area contributed by atoms with Crippen LogP contribution in [0, 0.1) is 0 Å². The van der Waals surface area contributed by atoms with Crippen molar-refractivity contribution >= 4 is 63.5 Å². The first-order valence-electron chi connectivity index (χ1n) is 7.55. The predicted octanol–water partition coefficient (Wildman–Crippen LogP) is 5.17. The number of anilines is 2. The average Bonchev–Trinajstić information content (AvgIpc) is 2.59. The van der Waals surface area contributed by atoms with Gasteiger partial charge in [-0.15, -0.1) is 0 Å². The van der Waals surface area contributed by atoms with Crippen LogP contribution in [0.3, 0.4) is 0 Å². The van der Waals surface area contributed by atoms with Crippen LogP contribution in [-0.4, -0.2) is 36.2 Å².